The molecule has 0 saturated carbocycles. The van der Waals surface area contributed by atoms with Crippen molar-refractivity contribution in [2.45, 2.75) is 12.7 Å². The maximum absolute atomic E-state index is 11.3. The Bertz CT molecular complexity index is 496. The molecule has 0 aromatic heterocycles. The van der Waals surface area contributed by atoms with Crippen molar-refractivity contribution in [3.8, 4) is 0 Å². The van der Waals surface area contributed by atoms with Gasteiger partial charge in [0.2, 0.25) is 0 Å². The number of amides is 1. The average Bonchev–Trinajstić information content (AvgIpc) is 2.41. The molecular formula is C15H14NO2. The van der Waals surface area contributed by atoms with Crippen LogP contribution in [0, 0.1) is 0 Å². The van der Waals surface area contributed by atoms with E-state index in [4.69, 9.17) is 10.5 Å². The van der Waals surface area contributed by atoms with Crippen LogP contribution >= 0.6 is 0 Å². The Labute approximate surface area is 106 Å². The second kappa shape index (κ2) is 5.98. The van der Waals surface area contributed by atoms with Crippen molar-refractivity contribution in [2.75, 3.05) is 0 Å². The summed E-state index contributed by atoms with van der Waals surface area (Å²) in [6, 6.07) is 18.7. The first-order valence-corrected chi connectivity index (χ1v) is 5.73. The molecular weight excluding hydrogens is 226 g/mol. The summed E-state index contributed by atoms with van der Waals surface area (Å²) in [5.41, 5.74) is 8.98. The Morgan fingerprint density at radius 1 is 1.00 bits per heavy atom. The molecule has 3 nitrogen and oxygen atoms in total. The Balaban J connectivity index is 2.06. The number of benzene rings is 2. The summed E-state index contributed by atoms with van der Waals surface area (Å²) in [6.45, 7) is 0.324. The van der Waals surface area contributed by atoms with Gasteiger partial charge < -0.3 is 4.74 Å². The van der Waals surface area contributed by atoms with E-state index in [1.807, 2.05) is 48.5 Å². The third kappa shape index (κ3) is 3.18. The Hall–Kier alpha value is -2.13. The number of ether oxygens (including phenoxy) is 1. The molecule has 0 aliphatic carbocycles. The molecule has 0 fully saturated rings. The van der Waals surface area contributed by atoms with Crippen molar-refractivity contribution >= 4 is 5.91 Å². The monoisotopic (exact) mass is 240 g/mol. The summed E-state index contributed by atoms with van der Waals surface area (Å²) in [4.78, 5) is 11.3. The molecule has 0 aliphatic heterocycles. The van der Waals surface area contributed by atoms with E-state index in [0.717, 1.165) is 5.56 Å². The van der Waals surface area contributed by atoms with Crippen molar-refractivity contribution in [3.63, 3.8) is 0 Å². The molecule has 1 atom stereocenters. The van der Waals surface area contributed by atoms with Gasteiger partial charge in [-0.2, -0.15) is 0 Å². The molecule has 1 unspecified atom stereocenters. The van der Waals surface area contributed by atoms with Gasteiger partial charge in [-0.15, -0.1) is 0 Å². The molecule has 1 amide bonds. The van der Waals surface area contributed by atoms with Crippen LogP contribution in [0.15, 0.2) is 60.7 Å². The minimum absolute atomic E-state index is 0.324. The second-order valence-electron chi connectivity index (χ2n) is 3.95. The number of hydrogen-bond donors (Lipinski definition) is 0. The van der Waals surface area contributed by atoms with Crippen LogP contribution in [0.25, 0.3) is 0 Å². The van der Waals surface area contributed by atoms with E-state index in [1.165, 1.54) is 0 Å². The highest BCUT2D eigenvalue weighted by molar-refractivity contribution is 5.79. The predicted molar refractivity (Wildman–Crippen MR) is 68.5 cm³/mol. The van der Waals surface area contributed by atoms with Crippen molar-refractivity contribution in [2.24, 2.45) is 0 Å². The number of rotatable bonds is 5. The zero-order valence-electron chi connectivity index (χ0n) is 9.87. The molecule has 2 aromatic rings. The van der Waals surface area contributed by atoms with Crippen LogP contribution in [-0.2, 0) is 16.1 Å². The summed E-state index contributed by atoms with van der Waals surface area (Å²) in [5.74, 6) is -0.725. The summed E-state index contributed by atoms with van der Waals surface area (Å²) in [7, 11) is 0. The fourth-order valence-electron chi connectivity index (χ4n) is 1.70. The normalized spacial score (nSPS) is 12.0. The molecule has 91 valence electrons. The molecule has 2 aromatic carbocycles. The summed E-state index contributed by atoms with van der Waals surface area (Å²) in [5, 5.41) is 0. The molecule has 1 N–H and O–H groups in total. The molecule has 18 heavy (non-hydrogen) atoms. The van der Waals surface area contributed by atoms with Gasteiger partial charge in [0.1, 0.15) is 0 Å². The topological polar surface area (TPSA) is 50.1 Å². The fraction of sp³-hybridized carbons (Fsp3) is 0.133. The van der Waals surface area contributed by atoms with Gasteiger partial charge in [0.15, 0.2) is 6.10 Å². The minimum Gasteiger partial charge on any atom is -0.359 e. The van der Waals surface area contributed by atoms with Crippen molar-refractivity contribution < 1.29 is 9.53 Å². The third-order valence-corrected chi connectivity index (χ3v) is 2.60. The van der Waals surface area contributed by atoms with Gasteiger partial charge in [-0.1, -0.05) is 60.7 Å². The van der Waals surface area contributed by atoms with Crippen LogP contribution in [0.1, 0.15) is 17.2 Å². The van der Waals surface area contributed by atoms with E-state index in [9.17, 15) is 4.79 Å². The zero-order valence-corrected chi connectivity index (χ0v) is 9.87. The average molecular weight is 240 g/mol. The van der Waals surface area contributed by atoms with E-state index >= 15 is 0 Å². The smallest absolute Gasteiger partial charge is 0.272 e. The fourth-order valence-corrected chi connectivity index (χ4v) is 1.70. The highest BCUT2D eigenvalue weighted by atomic mass is 16.5. The van der Waals surface area contributed by atoms with E-state index in [2.05, 4.69) is 0 Å². The zero-order chi connectivity index (χ0) is 12.8. The number of carbonyl (C=O) groups excluding carboxylic acids is 1. The van der Waals surface area contributed by atoms with Crippen LogP contribution < -0.4 is 5.73 Å². The molecule has 0 aliphatic rings. The van der Waals surface area contributed by atoms with Gasteiger partial charge in [0, 0.05) is 0 Å². The first-order chi connectivity index (χ1) is 8.77. The maximum atomic E-state index is 11.3. The molecule has 1 radical (unpaired) electrons. The van der Waals surface area contributed by atoms with E-state index in [0.29, 0.717) is 12.2 Å². The van der Waals surface area contributed by atoms with E-state index in [1.54, 1.807) is 12.1 Å². The van der Waals surface area contributed by atoms with E-state index in [-0.39, 0.29) is 0 Å². The SMILES string of the molecule is [NH]C(=O)C(OCc1ccccc1)c1ccccc1. The Morgan fingerprint density at radius 3 is 2.11 bits per heavy atom. The van der Waals surface area contributed by atoms with Crippen LogP contribution in [-0.4, -0.2) is 5.91 Å². The second-order valence-corrected chi connectivity index (χ2v) is 3.95. The van der Waals surface area contributed by atoms with Gasteiger partial charge >= 0.3 is 0 Å². The van der Waals surface area contributed by atoms with Crippen molar-refractivity contribution in [3.05, 3.63) is 71.8 Å². The lowest BCUT2D eigenvalue weighted by atomic mass is 10.1. The molecule has 3 heteroatoms. The van der Waals surface area contributed by atoms with Crippen LogP contribution in [0.3, 0.4) is 0 Å². The molecule has 0 saturated heterocycles. The van der Waals surface area contributed by atoms with Gasteiger partial charge in [-0.3, -0.25) is 10.5 Å². The lowest BCUT2D eigenvalue weighted by Crippen LogP contribution is -2.16. The number of hydrogen-bond acceptors (Lipinski definition) is 2. The quantitative estimate of drug-likeness (QED) is 0.806. The Morgan fingerprint density at radius 2 is 1.56 bits per heavy atom. The van der Waals surface area contributed by atoms with Crippen LogP contribution in [0.4, 0.5) is 0 Å². The molecule has 0 spiro atoms. The first kappa shape index (κ1) is 12.3. The number of nitrogens with one attached hydrogen (secondary N) is 1. The van der Waals surface area contributed by atoms with Crippen molar-refractivity contribution in [1.82, 2.24) is 5.73 Å². The predicted octanol–water partition coefficient (Wildman–Crippen LogP) is 2.75. The van der Waals surface area contributed by atoms with Crippen LogP contribution in [0.5, 0.6) is 0 Å². The van der Waals surface area contributed by atoms with Gasteiger partial charge in [0.05, 0.1) is 6.61 Å². The van der Waals surface area contributed by atoms with E-state index < -0.39 is 12.0 Å². The molecule has 2 rings (SSSR count). The lowest BCUT2D eigenvalue weighted by Gasteiger charge is -2.14. The van der Waals surface area contributed by atoms with Gasteiger partial charge in [0.25, 0.3) is 5.91 Å². The minimum atomic E-state index is -0.814. The largest absolute Gasteiger partial charge is 0.359 e. The highest BCUT2D eigenvalue weighted by Gasteiger charge is 2.18. The summed E-state index contributed by atoms with van der Waals surface area (Å²) in [6.07, 6.45) is -0.814. The standard InChI is InChI=1S/C15H14NO2/c16-15(17)14(13-9-5-2-6-10-13)18-11-12-7-3-1-4-8-12/h1-10,14,16H,11H2. The summed E-state index contributed by atoms with van der Waals surface area (Å²) >= 11 is 0. The van der Waals surface area contributed by atoms with Crippen LogP contribution in [0.2, 0.25) is 0 Å². The van der Waals surface area contributed by atoms with Gasteiger partial charge in [-0.05, 0) is 11.1 Å². The van der Waals surface area contributed by atoms with Crippen molar-refractivity contribution in [1.29, 1.82) is 0 Å². The number of carbonyl (C=O) groups is 1. The first-order valence-electron chi connectivity index (χ1n) is 5.73. The lowest BCUT2D eigenvalue weighted by molar-refractivity contribution is -0.131. The molecule has 0 bridgehead atoms. The third-order valence-electron chi connectivity index (χ3n) is 2.60. The molecule has 0 heterocycles. The maximum Gasteiger partial charge on any atom is 0.272 e. The Kier molecular flexibility index (Phi) is 4.10. The summed E-state index contributed by atoms with van der Waals surface area (Å²) < 4.78 is 5.54. The van der Waals surface area contributed by atoms with Gasteiger partial charge in [-0.25, -0.2) is 0 Å². The highest BCUT2D eigenvalue weighted by Crippen LogP contribution is 2.18.